The second-order valence-corrected chi connectivity index (χ2v) is 4.71. The number of rotatable bonds is 6. The summed E-state index contributed by atoms with van der Waals surface area (Å²) in [7, 11) is 1.63. The van der Waals surface area contributed by atoms with Crippen molar-refractivity contribution < 1.29 is 14.6 Å². The Morgan fingerprint density at radius 1 is 1.53 bits per heavy atom. The summed E-state index contributed by atoms with van der Waals surface area (Å²) in [6.45, 7) is 0.618. The third-order valence-corrected chi connectivity index (χ3v) is 3.26. The number of nitrogens with one attached hydrogen (secondary N) is 1. The molecule has 1 saturated carbocycles. The molecule has 1 rings (SSSR count). The molecular formula is C12H24N2O3. The number of ether oxygens (including phenoxy) is 1. The zero-order valence-corrected chi connectivity index (χ0v) is 10.5. The van der Waals surface area contributed by atoms with Crippen LogP contribution >= 0.6 is 0 Å². The molecule has 1 aliphatic carbocycles. The Morgan fingerprint density at radius 3 is 2.88 bits per heavy atom. The van der Waals surface area contributed by atoms with E-state index in [2.05, 4.69) is 5.32 Å². The van der Waals surface area contributed by atoms with Crippen molar-refractivity contribution in [2.75, 3.05) is 13.7 Å². The average molecular weight is 244 g/mol. The highest BCUT2D eigenvalue weighted by Gasteiger charge is 2.26. The Kier molecular flexibility index (Phi) is 6.47. The third kappa shape index (κ3) is 5.02. The van der Waals surface area contributed by atoms with Gasteiger partial charge in [0.2, 0.25) is 5.91 Å². The van der Waals surface area contributed by atoms with Crippen molar-refractivity contribution in [2.24, 2.45) is 5.73 Å². The normalized spacial score (nSPS) is 26.5. The zero-order valence-electron chi connectivity index (χ0n) is 10.5. The van der Waals surface area contributed by atoms with Gasteiger partial charge in [-0.05, 0) is 25.7 Å². The van der Waals surface area contributed by atoms with Crippen LogP contribution in [0.5, 0.6) is 0 Å². The number of nitrogens with two attached hydrogens (primary N) is 1. The van der Waals surface area contributed by atoms with Crippen LogP contribution in [0.3, 0.4) is 0 Å². The van der Waals surface area contributed by atoms with E-state index in [1.54, 1.807) is 7.11 Å². The molecule has 0 bridgehead atoms. The summed E-state index contributed by atoms with van der Waals surface area (Å²) in [5.74, 6) is -0.160. The largest absolute Gasteiger partial charge is 0.391 e. The van der Waals surface area contributed by atoms with Gasteiger partial charge in [-0.1, -0.05) is 12.8 Å². The van der Waals surface area contributed by atoms with Gasteiger partial charge in [-0.15, -0.1) is 0 Å². The van der Waals surface area contributed by atoms with E-state index in [-0.39, 0.29) is 11.9 Å². The van der Waals surface area contributed by atoms with Crippen molar-refractivity contribution in [3.8, 4) is 0 Å². The molecule has 5 heteroatoms. The molecule has 0 saturated heterocycles. The first-order valence-electron chi connectivity index (χ1n) is 6.38. The van der Waals surface area contributed by atoms with Gasteiger partial charge in [0.05, 0.1) is 18.2 Å². The Hall–Kier alpha value is -0.650. The molecular weight excluding hydrogens is 220 g/mol. The summed E-state index contributed by atoms with van der Waals surface area (Å²) < 4.78 is 4.91. The summed E-state index contributed by atoms with van der Waals surface area (Å²) in [6, 6.07) is -0.621. The molecule has 0 radical (unpaired) electrons. The van der Waals surface area contributed by atoms with Gasteiger partial charge in [-0.3, -0.25) is 4.79 Å². The number of aliphatic hydroxyl groups excluding tert-OH is 1. The second kappa shape index (κ2) is 7.63. The van der Waals surface area contributed by atoms with Crippen molar-refractivity contribution in [1.29, 1.82) is 0 Å². The van der Waals surface area contributed by atoms with Gasteiger partial charge in [-0.25, -0.2) is 0 Å². The number of amides is 1. The van der Waals surface area contributed by atoms with E-state index >= 15 is 0 Å². The van der Waals surface area contributed by atoms with Gasteiger partial charge in [0.1, 0.15) is 0 Å². The number of hydrogen-bond acceptors (Lipinski definition) is 4. The van der Waals surface area contributed by atoms with Crippen LogP contribution in [0, 0.1) is 0 Å². The first-order chi connectivity index (χ1) is 8.15. The fraction of sp³-hybridized carbons (Fsp3) is 0.917. The molecule has 100 valence electrons. The van der Waals surface area contributed by atoms with Crippen molar-refractivity contribution >= 4 is 5.91 Å². The highest BCUT2D eigenvalue weighted by Crippen LogP contribution is 2.18. The first kappa shape index (κ1) is 14.4. The molecule has 0 aromatic carbocycles. The van der Waals surface area contributed by atoms with Crippen molar-refractivity contribution in [3.05, 3.63) is 0 Å². The summed E-state index contributed by atoms with van der Waals surface area (Å²) in [5, 5.41) is 12.6. The van der Waals surface area contributed by atoms with Crippen LogP contribution in [0.25, 0.3) is 0 Å². The molecule has 0 heterocycles. The summed E-state index contributed by atoms with van der Waals surface area (Å²) in [4.78, 5) is 11.8. The molecule has 0 aromatic heterocycles. The molecule has 1 aliphatic rings. The van der Waals surface area contributed by atoms with Crippen LogP contribution in [0.15, 0.2) is 0 Å². The van der Waals surface area contributed by atoms with Crippen molar-refractivity contribution in [3.63, 3.8) is 0 Å². The maximum atomic E-state index is 11.8. The summed E-state index contributed by atoms with van der Waals surface area (Å²) in [5.41, 5.74) is 5.77. The standard InChI is InChI=1S/C12H24N2O3/c1-17-8-4-5-9(13)12(16)14-10-6-2-3-7-11(10)15/h9-11,15H,2-8,13H2,1H3,(H,14,16)/t9?,10-,11-/m1/s1. The topological polar surface area (TPSA) is 84.6 Å². The van der Waals surface area contributed by atoms with Crippen LogP contribution < -0.4 is 11.1 Å². The van der Waals surface area contributed by atoms with Gasteiger partial charge in [0.25, 0.3) is 0 Å². The number of hydrogen-bond donors (Lipinski definition) is 3. The molecule has 17 heavy (non-hydrogen) atoms. The van der Waals surface area contributed by atoms with Crippen LogP contribution in [-0.2, 0) is 9.53 Å². The molecule has 1 amide bonds. The Morgan fingerprint density at radius 2 is 2.24 bits per heavy atom. The van der Waals surface area contributed by atoms with Crippen LogP contribution in [0.4, 0.5) is 0 Å². The van der Waals surface area contributed by atoms with E-state index < -0.39 is 12.1 Å². The number of methoxy groups -OCH3 is 1. The molecule has 1 fully saturated rings. The number of aliphatic hydroxyl groups is 1. The Bertz CT molecular complexity index is 236. The lowest BCUT2D eigenvalue weighted by Gasteiger charge is -2.29. The maximum Gasteiger partial charge on any atom is 0.237 e. The smallest absolute Gasteiger partial charge is 0.237 e. The number of carbonyl (C=O) groups is 1. The van der Waals surface area contributed by atoms with Gasteiger partial charge >= 0.3 is 0 Å². The van der Waals surface area contributed by atoms with E-state index in [4.69, 9.17) is 10.5 Å². The fourth-order valence-corrected chi connectivity index (χ4v) is 2.15. The summed E-state index contributed by atoms with van der Waals surface area (Å²) in [6.07, 6.45) is 4.68. The lowest BCUT2D eigenvalue weighted by Crippen LogP contribution is -2.50. The van der Waals surface area contributed by atoms with Gasteiger partial charge in [0, 0.05) is 13.7 Å². The van der Waals surface area contributed by atoms with E-state index in [0.717, 1.165) is 32.1 Å². The van der Waals surface area contributed by atoms with E-state index in [1.165, 1.54) is 0 Å². The Labute approximate surface area is 103 Å². The minimum absolute atomic E-state index is 0.121. The predicted octanol–water partition coefficient (Wildman–Crippen LogP) is 0.160. The van der Waals surface area contributed by atoms with Crippen LogP contribution in [0.1, 0.15) is 38.5 Å². The van der Waals surface area contributed by atoms with Gasteiger partial charge in [0.15, 0.2) is 0 Å². The van der Waals surface area contributed by atoms with Crippen molar-refractivity contribution in [1.82, 2.24) is 5.32 Å². The molecule has 0 aliphatic heterocycles. The molecule has 0 aromatic rings. The minimum atomic E-state index is -0.501. The van der Waals surface area contributed by atoms with Gasteiger partial charge in [-0.2, -0.15) is 0 Å². The quantitative estimate of drug-likeness (QED) is 0.581. The fourth-order valence-electron chi connectivity index (χ4n) is 2.15. The maximum absolute atomic E-state index is 11.8. The second-order valence-electron chi connectivity index (χ2n) is 4.71. The van der Waals surface area contributed by atoms with Gasteiger partial charge < -0.3 is 20.9 Å². The molecule has 3 atom stereocenters. The van der Waals surface area contributed by atoms with E-state index in [9.17, 15) is 9.90 Å². The number of carbonyl (C=O) groups excluding carboxylic acids is 1. The monoisotopic (exact) mass is 244 g/mol. The molecule has 1 unspecified atom stereocenters. The average Bonchev–Trinajstić information content (AvgIpc) is 2.32. The zero-order chi connectivity index (χ0) is 12.7. The minimum Gasteiger partial charge on any atom is -0.391 e. The molecule has 0 spiro atoms. The first-order valence-corrected chi connectivity index (χ1v) is 6.38. The van der Waals surface area contributed by atoms with Crippen LogP contribution in [0.2, 0.25) is 0 Å². The highest BCUT2D eigenvalue weighted by molar-refractivity contribution is 5.81. The Balaban J connectivity index is 2.26. The van der Waals surface area contributed by atoms with E-state index in [0.29, 0.717) is 13.0 Å². The SMILES string of the molecule is COCCCC(N)C(=O)N[C@@H]1CCCC[C@H]1O. The highest BCUT2D eigenvalue weighted by atomic mass is 16.5. The van der Waals surface area contributed by atoms with Crippen molar-refractivity contribution in [2.45, 2.75) is 56.7 Å². The predicted molar refractivity (Wildman–Crippen MR) is 65.5 cm³/mol. The lowest BCUT2D eigenvalue weighted by molar-refractivity contribution is -0.124. The lowest BCUT2D eigenvalue weighted by atomic mass is 9.92. The molecule has 5 nitrogen and oxygen atoms in total. The third-order valence-electron chi connectivity index (χ3n) is 3.26. The summed E-state index contributed by atoms with van der Waals surface area (Å²) >= 11 is 0. The molecule has 4 N–H and O–H groups in total. The van der Waals surface area contributed by atoms with Crippen LogP contribution in [-0.4, -0.2) is 42.9 Å². The van der Waals surface area contributed by atoms with E-state index in [1.807, 2.05) is 0 Å².